The summed E-state index contributed by atoms with van der Waals surface area (Å²) in [5, 5.41) is 17.9. The van der Waals surface area contributed by atoms with Gasteiger partial charge in [0.2, 0.25) is 6.79 Å². The fraction of sp³-hybridized carbons (Fsp3) is 0.500. The molecule has 2 aliphatic heterocycles. The maximum atomic E-state index is 9.58. The summed E-state index contributed by atoms with van der Waals surface area (Å²) in [6.07, 6.45) is 2.54. The molecule has 3 heterocycles. The molecule has 1 N–H and O–H groups in total. The van der Waals surface area contributed by atoms with Crippen LogP contribution in [0.15, 0.2) is 18.2 Å². The van der Waals surface area contributed by atoms with Crippen LogP contribution in [0.4, 0.5) is 0 Å². The Morgan fingerprint density at radius 2 is 1.91 bits per heavy atom. The van der Waals surface area contributed by atoms with Crippen molar-refractivity contribution >= 4 is 0 Å². The van der Waals surface area contributed by atoms with Crippen molar-refractivity contribution in [2.24, 2.45) is 0 Å². The van der Waals surface area contributed by atoms with E-state index in [0.717, 1.165) is 48.9 Å². The molecular formula is C16H20N4O3. The number of ether oxygens (including phenoxy) is 2. The van der Waals surface area contributed by atoms with Gasteiger partial charge in [-0.1, -0.05) is 5.21 Å². The fourth-order valence-corrected chi connectivity index (χ4v) is 3.21. The van der Waals surface area contributed by atoms with E-state index in [1.165, 1.54) is 12.8 Å². The van der Waals surface area contributed by atoms with E-state index in [1.54, 1.807) is 0 Å². The predicted octanol–water partition coefficient (Wildman–Crippen LogP) is 1.26. The van der Waals surface area contributed by atoms with Crippen molar-refractivity contribution in [2.75, 3.05) is 26.4 Å². The van der Waals surface area contributed by atoms with Gasteiger partial charge < -0.3 is 19.5 Å². The molecule has 0 radical (unpaired) electrons. The van der Waals surface area contributed by atoms with Crippen LogP contribution in [0.3, 0.4) is 0 Å². The minimum Gasteiger partial charge on any atom is -0.454 e. The summed E-state index contributed by atoms with van der Waals surface area (Å²) in [4.78, 5) is 2.43. The van der Waals surface area contributed by atoms with Gasteiger partial charge >= 0.3 is 0 Å². The van der Waals surface area contributed by atoms with Gasteiger partial charge in [0, 0.05) is 12.1 Å². The van der Waals surface area contributed by atoms with Crippen LogP contribution in [0.5, 0.6) is 11.5 Å². The van der Waals surface area contributed by atoms with Crippen LogP contribution < -0.4 is 9.47 Å². The van der Waals surface area contributed by atoms with Crippen molar-refractivity contribution in [1.29, 1.82) is 0 Å². The van der Waals surface area contributed by atoms with Gasteiger partial charge in [-0.2, -0.15) is 0 Å². The van der Waals surface area contributed by atoms with E-state index in [4.69, 9.17) is 9.47 Å². The maximum Gasteiger partial charge on any atom is 0.231 e. The minimum absolute atomic E-state index is 0.131. The lowest BCUT2D eigenvalue weighted by Crippen LogP contribution is -2.24. The lowest BCUT2D eigenvalue weighted by atomic mass is 10.1. The smallest absolute Gasteiger partial charge is 0.231 e. The number of hydrogen-bond acceptors (Lipinski definition) is 6. The number of rotatable bonds is 5. The Kier molecular flexibility index (Phi) is 3.88. The van der Waals surface area contributed by atoms with E-state index in [1.807, 2.05) is 22.9 Å². The number of nitrogens with zero attached hydrogens (tertiary/aromatic N) is 4. The van der Waals surface area contributed by atoms with Crippen molar-refractivity contribution < 1.29 is 14.6 Å². The Morgan fingerprint density at radius 3 is 2.74 bits per heavy atom. The van der Waals surface area contributed by atoms with E-state index in [0.29, 0.717) is 5.69 Å². The normalized spacial score (nSPS) is 17.1. The first-order chi connectivity index (χ1) is 11.3. The Bertz CT molecular complexity index is 695. The third-order valence-electron chi connectivity index (χ3n) is 4.43. The van der Waals surface area contributed by atoms with Gasteiger partial charge in [-0.3, -0.25) is 0 Å². The van der Waals surface area contributed by atoms with Crippen LogP contribution in [0.25, 0.3) is 11.3 Å². The molecule has 0 atom stereocenters. The van der Waals surface area contributed by atoms with Crippen LogP contribution in [0.2, 0.25) is 0 Å². The number of hydrogen-bond donors (Lipinski definition) is 1. The van der Waals surface area contributed by atoms with Gasteiger partial charge in [0.1, 0.15) is 5.69 Å². The van der Waals surface area contributed by atoms with Gasteiger partial charge in [-0.15, -0.1) is 5.10 Å². The lowest BCUT2D eigenvalue weighted by Gasteiger charge is -2.15. The highest BCUT2D eigenvalue weighted by Crippen LogP contribution is 2.36. The number of likely N-dealkylation sites (tertiary alicyclic amines) is 1. The average molecular weight is 316 g/mol. The van der Waals surface area contributed by atoms with Crippen molar-refractivity contribution in [3.63, 3.8) is 0 Å². The summed E-state index contributed by atoms with van der Waals surface area (Å²) in [6, 6.07) is 5.76. The molecule has 1 saturated heterocycles. The van der Waals surface area contributed by atoms with Gasteiger partial charge in [0.25, 0.3) is 0 Å². The molecule has 1 aromatic heterocycles. The molecule has 0 saturated carbocycles. The quantitative estimate of drug-likeness (QED) is 0.895. The molecule has 7 nitrogen and oxygen atoms in total. The molecule has 0 aliphatic carbocycles. The van der Waals surface area contributed by atoms with Crippen molar-refractivity contribution in [3.8, 4) is 22.8 Å². The summed E-state index contributed by atoms with van der Waals surface area (Å²) >= 11 is 0. The first-order valence-electron chi connectivity index (χ1n) is 8.01. The minimum atomic E-state index is -0.131. The predicted molar refractivity (Wildman–Crippen MR) is 83.2 cm³/mol. The monoisotopic (exact) mass is 316 g/mol. The second kappa shape index (κ2) is 6.17. The average Bonchev–Trinajstić information content (AvgIpc) is 3.31. The molecule has 2 aliphatic rings. The van der Waals surface area contributed by atoms with Crippen LogP contribution in [0.1, 0.15) is 18.5 Å². The summed E-state index contributed by atoms with van der Waals surface area (Å²) in [5.41, 5.74) is 2.38. The lowest BCUT2D eigenvalue weighted by molar-refractivity contribution is 0.174. The highest BCUT2D eigenvalue weighted by atomic mass is 16.7. The molecule has 4 rings (SSSR count). The van der Waals surface area contributed by atoms with Crippen molar-refractivity contribution in [1.82, 2.24) is 19.9 Å². The van der Waals surface area contributed by atoms with Crippen molar-refractivity contribution in [3.05, 3.63) is 23.9 Å². The zero-order valence-corrected chi connectivity index (χ0v) is 12.9. The maximum absolute atomic E-state index is 9.58. The zero-order valence-electron chi connectivity index (χ0n) is 12.9. The van der Waals surface area contributed by atoms with E-state index in [2.05, 4.69) is 15.2 Å². The molecule has 1 fully saturated rings. The fourth-order valence-electron chi connectivity index (χ4n) is 3.21. The van der Waals surface area contributed by atoms with Crippen LogP contribution in [-0.2, 0) is 13.2 Å². The number of aromatic nitrogens is 3. The van der Waals surface area contributed by atoms with E-state index in [-0.39, 0.29) is 13.4 Å². The SMILES string of the molecule is OCc1nnn(CCN2CCCC2)c1-c1ccc2c(c1)OCO2. The van der Waals surface area contributed by atoms with Crippen LogP contribution in [-0.4, -0.2) is 51.4 Å². The third-order valence-corrected chi connectivity index (χ3v) is 4.43. The second-order valence-corrected chi connectivity index (χ2v) is 5.88. The topological polar surface area (TPSA) is 72.6 Å². The Labute approximate surface area is 134 Å². The molecule has 0 unspecified atom stereocenters. The summed E-state index contributed by atoms with van der Waals surface area (Å²) in [7, 11) is 0. The standard InChI is InChI=1S/C16H20N4O3/c21-10-13-16(12-3-4-14-15(9-12)23-11-22-14)20(18-17-13)8-7-19-5-1-2-6-19/h3-4,9,21H,1-2,5-8,10-11H2. The van der Waals surface area contributed by atoms with E-state index >= 15 is 0 Å². The number of aliphatic hydroxyl groups is 1. The Balaban J connectivity index is 1.62. The first kappa shape index (κ1) is 14.5. The summed E-state index contributed by atoms with van der Waals surface area (Å²) < 4.78 is 12.7. The molecule has 122 valence electrons. The molecule has 0 spiro atoms. The first-order valence-corrected chi connectivity index (χ1v) is 8.01. The van der Waals surface area contributed by atoms with Gasteiger partial charge in [0.15, 0.2) is 11.5 Å². The summed E-state index contributed by atoms with van der Waals surface area (Å²) in [5.74, 6) is 1.47. The molecule has 1 aromatic carbocycles. The molecule has 23 heavy (non-hydrogen) atoms. The zero-order chi connectivity index (χ0) is 15.6. The largest absolute Gasteiger partial charge is 0.454 e. The summed E-state index contributed by atoms with van der Waals surface area (Å²) in [6.45, 7) is 4.13. The van der Waals surface area contributed by atoms with E-state index in [9.17, 15) is 5.11 Å². The van der Waals surface area contributed by atoms with Crippen molar-refractivity contribution in [2.45, 2.75) is 26.0 Å². The van der Waals surface area contributed by atoms with Crippen LogP contribution >= 0.6 is 0 Å². The highest BCUT2D eigenvalue weighted by Gasteiger charge is 2.20. The molecule has 7 heteroatoms. The Hall–Kier alpha value is -2.12. The highest BCUT2D eigenvalue weighted by molar-refractivity contribution is 5.66. The molecular weight excluding hydrogens is 296 g/mol. The van der Waals surface area contributed by atoms with Crippen LogP contribution in [0, 0.1) is 0 Å². The van der Waals surface area contributed by atoms with Gasteiger partial charge in [-0.05, 0) is 44.1 Å². The van der Waals surface area contributed by atoms with Gasteiger partial charge in [0.05, 0.1) is 18.8 Å². The number of fused-ring (bicyclic) bond motifs is 1. The van der Waals surface area contributed by atoms with Gasteiger partial charge in [-0.25, -0.2) is 4.68 Å². The Morgan fingerprint density at radius 1 is 1.09 bits per heavy atom. The molecule has 0 bridgehead atoms. The third kappa shape index (κ3) is 2.77. The van der Waals surface area contributed by atoms with E-state index < -0.39 is 0 Å². The molecule has 0 amide bonds. The molecule has 2 aromatic rings. The number of benzene rings is 1. The number of aliphatic hydroxyl groups excluding tert-OH is 1. The second-order valence-electron chi connectivity index (χ2n) is 5.88.